The Balaban J connectivity index is 2.24. The average Bonchev–Trinajstić information content (AvgIpc) is 2.71. The fourth-order valence-electron chi connectivity index (χ4n) is 1.71. The van der Waals surface area contributed by atoms with Crippen molar-refractivity contribution in [2.24, 2.45) is 0 Å². The first kappa shape index (κ1) is 11.9. The zero-order valence-electron chi connectivity index (χ0n) is 9.93. The second-order valence-corrected chi connectivity index (χ2v) is 4.12. The summed E-state index contributed by atoms with van der Waals surface area (Å²) in [6.45, 7) is 2.85. The Kier molecular flexibility index (Phi) is 3.58. The van der Waals surface area contributed by atoms with Gasteiger partial charge in [-0.1, -0.05) is 13.0 Å². The summed E-state index contributed by atoms with van der Waals surface area (Å²) < 4.78 is 7.86. The van der Waals surface area contributed by atoms with Gasteiger partial charge in [-0.15, -0.1) is 0 Å². The minimum atomic E-state index is 0.627. The number of aryl methyl sites for hydroxylation is 1. The van der Waals surface area contributed by atoms with Gasteiger partial charge in [0.25, 0.3) is 0 Å². The molecule has 17 heavy (non-hydrogen) atoms. The van der Waals surface area contributed by atoms with E-state index >= 15 is 0 Å². The molecule has 2 rings (SSSR count). The van der Waals surface area contributed by atoms with Crippen molar-refractivity contribution in [3.05, 3.63) is 40.6 Å². The van der Waals surface area contributed by atoms with Crippen LogP contribution in [0.25, 0.3) is 0 Å². The van der Waals surface area contributed by atoms with E-state index in [1.807, 2.05) is 24.5 Å². The number of H-pyrrole nitrogens is 1. The van der Waals surface area contributed by atoms with E-state index in [9.17, 15) is 0 Å². The molecule has 2 aromatic heterocycles. The lowest BCUT2D eigenvalue weighted by atomic mass is 10.2. The normalized spacial score (nSPS) is 10.5. The molecule has 0 radical (unpaired) electrons. The topological polar surface area (TPSA) is 42.8 Å². The molecular weight excluding hydrogens is 234 g/mol. The Morgan fingerprint density at radius 1 is 1.47 bits per heavy atom. The van der Waals surface area contributed by atoms with Gasteiger partial charge in [0, 0.05) is 24.2 Å². The fourth-order valence-corrected chi connectivity index (χ4v) is 1.95. The number of hydrogen-bond donors (Lipinski definition) is 1. The van der Waals surface area contributed by atoms with Crippen LogP contribution in [0.15, 0.2) is 24.5 Å². The second kappa shape index (κ2) is 5.14. The van der Waals surface area contributed by atoms with Crippen LogP contribution in [0.3, 0.4) is 0 Å². The standard InChI is InChI=1S/C12H15N3OS/c1-3-10-7-14-12(17)15(10)8-9-4-5-11(16-2)13-6-9/h4-7H,3,8H2,1-2H3,(H,14,17). The number of imidazole rings is 1. The van der Waals surface area contributed by atoms with Crippen molar-refractivity contribution in [3.63, 3.8) is 0 Å². The Morgan fingerprint density at radius 2 is 2.29 bits per heavy atom. The van der Waals surface area contributed by atoms with Gasteiger partial charge in [0.05, 0.1) is 13.7 Å². The number of hydrogen-bond acceptors (Lipinski definition) is 3. The predicted molar refractivity (Wildman–Crippen MR) is 68.9 cm³/mol. The van der Waals surface area contributed by atoms with E-state index in [2.05, 4.69) is 21.5 Å². The monoisotopic (exact) mass is 249 g/mol. The van der Waals surface area contributed by atoms with Gasteiger partial charge in [0.1, 0.15) is 0 Å². The molecule has 0 aromatic carbocycles. The van der Waals surface area contributed by atoms with Gasteiger partial charge in [-0.2, -0.15) is 0 Å². The lowest BCUT2D eigenvalue weighted by Crippen LogP contribution is -2.04. The van der Waals surface area contributed by atoms with Crippen LogP contribution in [-0.4, -0.2) is 21.6 Å². The number of ether oxygens (including phenoxy) is 1. The molecule has 5 heteroatoms. The smallest absolute Gasteiger partial charge is 0.212 e. The van der Waals surface area contributed by atoms with E-state index < -0.39 is 0 Å². The summed E-state index contributed by atoms with van der Waals surface area (Å²) in [5, 5.41) is 0. The van der Waals surface area contributed by atoms with Crippen molar-refractivity contribution in [1.29, 1.82) is 0 Å². The highest BCUT2D eigenvalue weighted by molar-refractivity contribution is 7.71. The minimum Gasteiger partial charge on any atom is -0.481 e. The first-order chi connectivity index (χ1) is 8.24. The lowest BCUT2D eigenvalue weighted by molar-refractivity contribution is 0.397. The Labute approximate surface area is 105 Å². The highest BCUT2D eigenvalue weighted by Crippen LogP contribution is 2.10. The van der Waals surface area contributed by atoms with Gasteiger partial charge in [0.15, 0.2) is 4.77 Å². The molecule has 90 valence electrons. The van der Waals surface area contributed by atoms with E-state index in [0.29, 0.717) is 5.88 Å². The second-order valence-electron chi connectivity index (χ2n) is 3.73. The number of nitrogens with one attached hydrogen (secondary N) is 1. The number of aromatic amines is 1. The zero-order chi connectivity index (χ0) is 12.3. The summed E-state index contributed by atoms with van der Waals surface area (Å²) in [6, 6.07) is 3.86. The fraction of sp³-hybridized carbons (Fsp3) is 0.333. The SMILES string of the molecule is CCc1c[nH]c(=S)n1Cc1ccc(OC)nc1. The van der Waals surface area contributed by atoms with Crippen LogP contribution in [0.4, 0.5) is 0 Å². The average molecular weight is 249 g/mol. The van der Waals surface area contributed by atoms with E-state index in [-0.39, 0.29) is 0 Å². The molecule has 0 aliphatic heterocycles. The molecule has 0 saturated carbocycles. The van der Waals surface area contributed by atoms with Gasteiger partial charge in [-0.05, 0) is 24.2 Å². The van der Waals surface area contributed by atoms with Crippen molar-refractivity contribution in [2.75, 3.05) is 7.11 Å². The maximum absolute atomic E-state index is 5.25. The highest BCUT2D eigenvalue weighted by atomic mass is 32.1. The van der Waals surface area contributed by atoms with Gasteiger partial charge in [0.2, 0.25) is 5.88 Å². The van der Waals surface area contributed by atoms with Crippen molar-refractivity contribution in [2.45, 2.75) is 19.9 Å². The molecule has 0 aliphatic carbocycles. The van der Waals surface area contributed by atoms with Crippen LogP contribution < -0.4 is 4.74 Å². The number of nitrogens with zero attached hydrogens (tertiary/aromatic N) is 2. The predicted octanol–water partition coefficient (Wildman–Crippen LogP) is 2.56. The van der Waals surface area contributed by atoms with Crippen molar-refractivity contribution in [3.8, 4) is 5.88 Å². The molecule has 0 bridgehead atoms. The first-order valence-corrected chi connectivity index (χ1v) is 5.91. The quantitative estimate of drug-likeness (QED) is 0.847. The van der Waals surface area contributed by atoms with Gasteiger partial charge in [-0.25, -0.2) is 4.98 Å². The van der Waals surface area contributed by atoms with Crippen LogP contribution in [0.5, 0.6) is 5.88 Å². The zero-order valence-corrected chi connectivity index (χ0v) is 10.8. The maximum atomic E-state index is 5.25. The van der Waals surface area contributed by atoms with E-state index in [1.54, 1.807) is 7.11 Å². The van der Waals surface area contributed by atoms with E-state index in [4.69, 9.17) is 17.0 Å². The largest absolute Gasteiger partial charge is 0.481 e. The van der Waals surface area contributed by atoms with Crippen LogP contribution in [-0.2, 0) is 13.0 Å². The number of pyridine rings is 1. The van der Waals surface area contributed by atoms with Crippen molar-refractivity contribution < 1.29 is 4.74 Å². The summed E-state index contributed by atoms with van der Waals surface area (Å²) in [4.78, 5) is 7.25. The molecule has 0 aliphatic rings. The number of rotatable bonds is 4. The van der Waals surface area contributed by atoms with E-state index in [1.165, 1.54) is 5.69 Å². The molecule has 0 fully saturated rings. The lowest BCUT2D eigenvalue weighted by Gasteiger charge is -2.07. The Bertz CT molecular complexity index is 542. The molecular formula is C12H15N3OS. The molecule has 0 spiro atoms. The summed E-state index contributed by atoms with van der Waals surface area (Å²) in [7, 11) is 1.61. The third-order valence-corrected chi connectivity index (χ3v) is 3.00. The molecule has 2 aromatic rings. The summed E-state index contributed by atoms with van der Waals surface area (Å²) >= 11 is 5.25. The number of aromatic nitrogens is 3. The molecule has 0 amide bonds. The molecule has 2 heterocycles. The number of methoxy groups -OCH3 is 1. The minimum absolute atomic E-state index is 0.627. The Hall–Kier alpha value is -1.62. The van der Waals surface area contributed by atoms with Gasteiger partial charge in [-0.3, -0.25) is 0 Å². The van der Waals surface area contributed by atoms with Gasteiger partial charge < -0.3 is 14.3 Å². The van der Waals surface area contributed by atoms with Gasteiger partial charge >= 0.3 is 0 Å². The molecule has 4 nitrogen and oxygen atoms in total. The first-order valence-electron chi connectivity index (χ1n) is 5.50. The third kappa shape index (κ3) is 2.55. The summed E-state index contributed by atoms with van der Waals surface area (Å²) in [6.07, 6.45) is 4.73. The summed E-state index contributed by atoms with van der Waals surface area (Å²) in [5.74, 6) is 0.627. The molecule has 0 unspecified atom stereocenters. The third-order valence-electron chi connectivity index (χ3n) is 2.66. The summed E-state index contributed by atoms with van der Waals surface area (Å²) in [5.41, 5.74) is 2.31. The van der Waals surface area contributed by atoms with E-state index in [0.717, 1.165) is 23.3 Å². The highest BCUT2D eigenvalue weighted by Gasteiger charge is 2.03. The van der Waals surface area contributed by atoms with Crippen molar-refractivity contribution >= 4 is 12.2 Å². The van der Waals surface area contributed by atoms with Crippen molar-refractivity contribution in [1.82, 2.24) is 14.5 Å². The van der Waals surface area contributed by atoms with Crippen LogP contribution in [0.1, 0.15) is 18.2 Å². The molecule has 0 atom stereocenters. The maximum Gasteiger partial charge on any atom is 0.212 e. The van der Waals surface area contributed by atoms with Crippen LogP contribution >= 0.6 is 12.2 Å². The van der Waals surface area contributed by atoms with Crippen LogP contribution in [0.2, 0.25) is 0 Å². The molecule has 1 N–H and O–H groups in total. The van der Waals surface area contributed by atoms with Crippen LogP contribution in [0, 0.1) is 4.77 Å². The molecule has 0 saturated heterocycles. The Morgan fingerprint density at radius 3 is 2.88 bits per heavy atom.